The quantitative estimate of drug-likeness (QED) is 0.655. The number of imidazole rings is 1. The zero-order chi connectivity index (χ0) is 13.2. The van der Waals surface area contributed by atoms with E-state index in [1.807, 2.05) is 36.0 Å². The lowest BCUT2D eigenvalue weighted by molar-refractivity contribution is -0.671. The fraction of sp³-hybridized carbons (Fsp3) is 0.357. The highest BCUT2D eigenvalue weighted by Crippen LogP contribution is 2.32. The van der Waals surface area contributed by atoms with Gasteiger partial charge in [-0.05, 0) is 12.1 Å². The molecule has 100 valence electrons. The third-order valence-electron chi connectivity index (χ3n) is 3.40. The number of fused-ring (bicyclic) bond motifs is 1. The van der Waals surface area contributed by atoms with E-state index in [9.17, 15) is 0 Å². The molecular weight excluding hydrogens is 240 g/mol. The number of aryl methyl sites for hydroxylation is 1. The number of hydrogen-bond acceptors (Lipinski definition) is 3. The molecule has 1 aliphatic rings. The smallest absolute Gasteiger partial charge is 0.243 e. The molecule has 0 saturated carbocycles. The Morgan fingerprint density at radius 3 is 3.05 bits per heavy atom. The van der Waals surface area contributed by atoms with E-state index in [2.05, 4.69) is 22.0 Å². The summed E-state index contributed by atoms with van der Waals surface area (Å²) in [6, 6.07) is 5.87. The Labute approximate surface area is 112 Å². The van der Waals surface area contributed by atoms with Crippen molar-refractivity contribution < 1.29 is 9.30 Å². The second-order valence-electron chi connectivity index (χ2n) is 4.88. The third kappa shape index (κ3) is 2.50. The van der Waals surface area contributed by atoms with E-state index in [0.717, 1.165) is 43.4 Å². The van der Waals surface area contributed by atoms with Crippen LogP contribution in [0.15, 0.2) is 36.9 Å². The molecule has 0 atom stereocenters. The van der Waals surface area contributed by atoms with Gasteiger partial charge in [-0.1, -0.05) is 0 Å². The number of nitrogen functional groups attached to an aromatic ring is 1. The van der Waals surface area contributed by atoms with Crippen LogP contribution in [0.3, 0.4) is 0 Å². The second kappa shape index (κ2) is 4.84. The third-order valence-corrected chi connectivity index (χ3v) is 3.40. The predicted octanol–water partition coefficient (Wildman–Crippen LogP) is 0.794. The van der Waals surface area contributed by atoms with E-state index >= 15 is 0 Å². The summed E-state index contributed by atoms with van der Waals surface area (Å²) in [6.45, 7) is 3.57. The summed E-state index contributed by atoms with van der Waals surface area (Å²) in [7, 11) is 2.03. The molecule has 19 heavy (non-hydrogen) atoms. The zero-order valence-electron chi connectivity index (χ0n) is 11.1. The molecule has 0 aliphatic carbocycles. The van der Waals surface area contributed by atoms with E-state index in [1.165, 1.54) is 0 Å². The highest BCUT2D eigenvalue weighted by Gasteiger charge is 2.18. The molecule has 1 aromatic carbocycles. The van der Waals surface area contributed by atoms with Crippen LogP contribution in [0.4, 0.5) is 11.4 Å². The summed E-state index contributed by atoms with van der Waals surface area (Å²) in [4.78, 5) is 2.35. The number of hydrogen-bond donors (Lipinski definition) is 1. The SMILES string of the molecule is C[n+]1ccn(CCN2CCOc3cc(N)ccc32)c1. The van der Waals surface area contributed by atoms with Crippen LogP contribution in [0.25, 0.3) is 0 Å². The number of ether oxygens (including phenoxy) is 1. The molecule has 2 heterocycles. The van der Waals surface area contributed by atoms with Gasteiger partial charge in [-0.3, -0.25) is 0 Å². The molecule has 0 fully saturated rings. The molecule has 1 aromatic heterocycles. The van der Waals surface area contributed by atoms with Crippen molar-refractivity contribution in [2.75, 3.05) is 30.3 Å². The Kier molecular flexibility index (Phi) is 3.03. The lowest BCUT2D eigenvalue weighted by Gasteiger charge is -2.30. The minimum Gasteiger partial charge on any atom is -0.489 e. The van der Waals surface area contributed by atoms with Crippen molar-refractivity contribution in [3.8, 4) is 5.75 Å². The summed E-state index contributed by atoms with van der Waals surface area (Å²) < 4.78 is 9.89. The van der Waals surface area contributed by atoms with Gasteiger partial charge in [0.15, 0.2) is 0 Å². The predicted molar refractivity (Wildman–Crippen MR) is 74.2 cm³/mol. The molecule has 0 saturated heterocycles. The van der Waals surface area contributed by atoms with Crippen molar-refractivity contribution in [1.82, 2.24) is 4.57 Å². The first-order valence-electron chi connectivity index (χ1n) is 6.51. The fourth-order valence-electron chi connectivity index (χ4n) is 2.40. The Morgan fingerprint density at radius 2 is 2.26 bits per heavy atom. The zero-order valence-corrected chi connectivity index (χ0v) is 11.1. The molecule has 5 heteroatoms. The average molecular weight is 259 g/mol. The van der Waals surface area contributed by atoms with E-state index in [0.29, 0.717) is 0 Å². The molecule has 2 aromatic rings. The van der Waals surface area contributed by atoms with Crippen molar-refractivity contribution in [3.05, 3.63) is 36.9 Å². The maximum absolute atomic E-state index is 5.79. The Hall–Kier alpha value is -2.17. The first kappa shape index (κ1) is 11.9. The summed E-state index contributed by atoms with van der Waals surface area (Å²) in [5, 5.41) is 0. The molecule has 5 nitrogen and oxygen atoms in total. The Morgan fingerprint density at radius 1 is 1.37 bits per heavy atom. The van der Waals surface area contributed by atoms with Crippen LogP contribution in [0, 0.1) is 0 Å². The van der Waals surface area contributed by atoms with Gasteiger partial charge in [0.05, 0.1) is 25.8 Å². The molecule has 0 spiro atoms. The van der Waals surface area contributed by atoms with Crippen molar-refractivity contribution in [2.24, 2.45) is 7.05 Å². The van der Waals surface area contributed by atoms with Crippen LogP contribution >= 0.6 is 0 Å². The topological polar surface area (TPSA) is 47.3 Å². The van der Waals surface area contributed by atoms with Crippen LogP contribution in [0.2, 0.25) is 0 Å². The number of rotatable bonds is 3. The van der Waals surface area contributed by atoms with Crippen LogP contribution < -0.4 is 19.9 Å². The minimum absolute atomic E-state index is 0.718. The summed E-state index contributed by atoms with van der Waals surface area (Å²) in [6.07, 6.45) is 6.22. The van der Waals surface area contributed by atoms with Crippen LogP contribution in [0.5, 0.6) is 5.75 Å². The number of nitrogens with zero attached hydrogens (tertiary/aromatic N) is 3. The maximum Gasteiger partial charge on any atom is 0.243 e. The van der Waals surface area contributed by atoms with Gasteiger partial charge in [-0.2, -0.15) is 0 Å². The van der Waals surface area contributed by atoms with Gasteiger partial charge in [0.25, 0.3) is 0 Å². The van der Waals surface area contributed by atoms with Gasteiger partial charge in [0.2, 0.25) is 6.33 Å². The summed E-state index contributed by atoms with van der Waals surface area (Å²) >= 11 is 0. The maximum atomic E-state index is 5.79. The van der Waals surface area contributed by atoms with Crippen LogP contribution in [0.1, 0.15) is 0 Å². The second-order valence-corrected chi connectivity index (χ2v) is 4.88. The van der Waals surface area contributed by atoms with Crippen molar-refractivity contribution in [3.63, 3.8) is 0 Å². The van der Waals surface area contributed by atoms with Gasteiger partial charge in [-0.25, -0.2) is 9.13 Å². The first-order chi connectivity index (χ1) is 9.22. The van der Waals surface area contributed by atoms with Gasteiger partial charge in [0, 0.05) is 11.8 Å². The van der Waals surface area contributed by atoms with Crippen molar-refractivity contribution in [1.29, 1.82) is 0 Å². The van der Waals surface area contributed by atoms with E-state index in [-0.39, 0.29) is 0 Å². The van der Waals surface area contributed by atoms with E-state index in [4.69, 9.17) is 10.5 Å². The fourth-order valence-corrected chi connectivity index (χ4v) is 2.40. The van der Waals surface area contributed by atoms with Crippen molar-refractivity contribution in [2.45, 2.75) is 6.54 Å². The van der Waals surface area contributed by atoms with Gasteiger partial charge in [-0.15, -0.1) is 0 Å². The highest BCUT2D eigenvalue weighted by molar-refractivity contribution is 5.64. The number of nitrogens with two attached hydrogens (primary N) is 1. The van der Waals surface area contributed by atoms with Crippen LogP contribution in [-0.4, -0.2) is 24.3 Å². The molecule has 2 N–H and O–H groups in total. The molecule has 0 radical (unpaired) electrons. The molecular formula is C14H19N4O+. The molecule has 3 rings (SSSR count). The molecule has 0 unspecified atom stereocenters. The highest BCUT2D eigenvalue weighted by atomic mass is 16.5. The number of anilines is 2. The average Bonchev–Trinajstić information content (AvgIpc) is 2.81. The van der Waals surface area contributed by atoms with Crippen molar-refractivity contribution >= 4 is 11.4 Å². The molecule has 0 amide bonds. The normalized spacial score (nSPS) is 14.1. The number of aromatic nitrogens is 2. The van der Waals surface area contributed by atoms with Gasteiger partial charge < -0.3 is 15.4 Å². The summed E-state index contributed by atoms with van der Waals surface area (Å²) in [5.41, 5.74) is 7.67. The Bertz CT molecular complexity index is 579. The number of benzene rings is 1. The van der Waals surface area contributed by atoms with Gasteiger partial charge in [0.1, 0.15) is 31.3 Å². The Balaban J connectivity index is 1.73. The molecule has 1 aliphatic heterocycles. The monoisotopic (exact) mass is 259 g/mol. The summed E-state index contributed by atoms with van der Waals surface area (Å²) in [5.74, 6) is 0.893. The van der Waals surface area contributed by atoms with Gasteiger partial charge >= 0.3 is 0 Å². The largest absolute Gasteiger partial charge is 0.489 e. The molecule has 0 bridgehead atoms. The van der Waals surface area contributed by atoms with E-state index in [1.54, 1.807) is 0 Å². The lowest BCUT2D eigenvalue weighted by atomic mass is 10.2. The van der Waals surface area contributed by atoms with E-state index < -0.39 is 0 Å². The lowest BCUT2D eigenvalue weighted by Crippen LogP contribution is -2.35. The minimum atomic E-state index is 0.718. The van der Waals surface area contributed by atoms with Crippen LogP contribution in [-0.2, 0) is 13.6 Å². The first-order valence-corrected chi connectivity index (χ1v) is 6.51. The standard InChI is InChI=1S/C14H19N4O/c1-16-4-5-17(11-16)6-7-18-8-9-19-14-10-12(15)2-3-13(14)18/h2-5,10-11H,6-9,15H2,1H3/q+1.